The van der Waals surface area contributed by atoms with Gasteiger partial charge in [0.2, 0.25) is 5.91 Å². The summed E-state index contributed by atoms with van der Waals surface area (Å²) in [5.74, 6) is -0.821. The van der Waals surface area contributed by atoms with Crippen molar-refractivity contribution in [2.45, 2.75) is 19.3 Å². The van der Waals surface area contributed by atoms with Crippen molar-refractivity contribution in [1.29, 1.82) is 0 Å². The van der Waals surface area contributed by atoms with Crippen LogP contribution in [-0.2, 0) is 9.47 Å². The molecular weight excluding hydrogens is 106 g/mol. The van der Waals surface area contributed by atoms with Crippen molar-refractivity contribution >= 4 is 0 Å². The second-order valence-electron chi connectivity index (χ2n) is 2.07. The summed E-state index contributed by atoms with van der Waals surface area (Å²) in [6, 6.07) is 0. The van der Waals surface area contributed by atoms with Crippen molar-refractivity contribution < 1.29 is 9.47 Å². The highest BCUT2D eigenvalue weighted by Gasteiger charge is 2.22. The molecule has 1 aliphatic rings. The van der Waals surface area contributed by atoms with Gasteiger partial charge in [0.1, 0.15) is 0 Å². The van der Waals surface area contributed by atoms with Gasteiger partial charge in [0.15, 0.2) is 0 Å². The van der Waals surface area contributed by atoms with Crippen LogP contribution in [0.2, 0.25) is 0 Å². The van der Waals surface area contributed by atoms with Crippen LogP contribution in [0.4, 0.5) is 0 Å². The number of rotatable bonds is 0. The molecule has 0 aromatic rings. The van der Waals surface area contributed by atoms with Crippen LogP contribution < -0.4 is 5.73 Å². The molecule has 0 aromatic heterocycles. The summed E-state index contributed by atoms with van der Waals surface area (Å²) in [7, 11) is 0. The van der Waals surface area contributed by atoms with Crippen LogP contribution in [0.25, 0.3) is 0 Å². The average Bonchev–Trinajstić information content (AvgIpc) is 1.65. The molecule has 1 rings (SSSR count). The maximum atomic E-state index is 5.43. The molecule has 2 N–H and O–H groups in total. The van der Waals surface area contributed by atoms with E-state index in [4.69, 9.17) is 15.2 Å². The second kappa shape index (κ2) is 2.01. The van der Waals surface area contributed by atoms with Crippen LogP contribution in [0, 0.1) is 0 Å². The highest BCUT2D eigenvalue weighted by atomic mass is 16.7. The molecular formula is C5H11NO2. The summed E-state index contributed by atoms with van der Waals surface area (Å²) in [6.07, 6.45) is 0.951. The summed E-state index contributed by atoms with van der Waals surface area (Å²) in [5, 5.41) is 0. The van der Waals surface area contributed by atoms with E-state index in [0.717, 1.165) is 6.42 Å². The lowest BCUT2D eigenvalue weighted by molar-refractivity contribution is -0.252. The fourth-order valence-electron chi connectivity index (χ4n) is 0.650. The fourth-order valence-corrected chi connectivity index (χ4v) is 0.650. The molecule has 0 spiro atoms. The first-order valence-electron chi connectivity index (χ1n) is 2.77. The average molecular weight is 117 g/mol. The number of nitrogens with two attached hydrogens (primary N) is 1. The Kier molecular flexibility index (Phi) is 1.51. The molecule has 0 aromatic carbocycles. The Bertz CT molecular complexity index is 74.5. The zero-order chi connectivity index (χ0) is 6.04. The SMILES string of the molecule is CC1(N)OCCCO1. The first-order valence-corrected chi connectivity index (χ1v) is 2.77. The third-order valence-electron chi connectivity index (χ3n) is 1.07. The molecule has 3 heteroatoms. The van der Waals surface area contributed by atoms with Crippen molar-refractivity contribution in [1.82, 2.24) is 0 Å². The van der Waals surface area contributed by atoms with Gasteiger partial charge in [-0.05, 0) is 6.42 Å². The maximum absolute atomic E-state index is 5.43. The minimum absolute atomic E-state index is 0.715. The van der Waals surface area contributed by atoms with Gasteiger partial charge in [0.05, 0.1) is 13.2 Å². The third-order valence-corrected chi connectivity index (χ3v) is 1.07. The van der Waals surface area contributed by atoms with Gasteiger partial charge in [0.25, 0.3) is 0 Å². The first kappa shape index (κ1) is 6.01. The van der Waals surface area contributed by atoms with Gasteiger partial charge < -0.3 is 9.47 Å². The van der Waals surface area contributed by atoms with Crippen LogP contribution in [0.1, 0.15) is 13.3 Å². The molecule has 1 aliphatic heterocycles. The van der Waals surface area contributed by atoms with E-state index in [-0.39, 0.29) is 0 Å². The number of ether oxygens (including phenoxy) is 2. The van der Waals surface area contributed by atoms with Gasteiger partial charge in [0, 0.05) is 6.92 Å². The lowest BCUT2D eigenvalue weighted by Crippen LogP contribution is -2.45. The lowest BCUT2D eigenvalue weighted by atomic mass is 10.4. The molecule has 0 bridgehead atoms. The van der Waals surface area contributed by atoms with Crippen LogP contribution in [0.3, 0.4) is 0 Å². The maximum Gasteiger partial charge on any atom is 0.221 e. The third kappa shape index (κ3) is 1.43. The topological polar surface area (TPSA) is 44.5 Å². The molecule has 1 fully saturated rings. The minimum atomic E-state index is -0.821. The molecule has 8 heavy (non-hydrogen) atoms. The summed E-state index contributed by atoms with van der Waals surface area (Å²) in [4.78, 5) is 0. The van der Waals surface area contributed by atoms with E-state index in [1.54, 1.807) is 6.92 Å². The van der Waals surface area contributed by atoms with E-state index in [0.29, 0.717) is 13.2 Å². The molecule has 0 atom stereocenters. The Morgan fingerprint density at radius 2 is 1.88 bits per heavy atom. The Balaban J connectivity index is 2.33. The summed E-state index contributed by atoms with van der Waals surface area (Å²) >= 11 is 0. The molecule has 0 radical (unpaired) electrons. The predicted octanol–water partition coefficient (Wildman–Crippen LogP) is 0.0557. The lowest BCUT2D eigenvalue weighted by Gasteiger charge is -2.29. The van der Waals surface area contributed by atoms with E-state index in [1.165, 1.54) is 0 Å². The van der Waals surface area contributed by atoms with Gasteiger partial charge in [-0.25, -0.2) is 0 Å². The van der Waals surface area contributed by atoms with Gasteiger partial charge in [-0.2, -0.15) is 0 Å². The van der Waals surface area contributed by atoms with Gasteiger partial charge >= 0.3 is 0 Å². The zero-order valence-corrected chi connectivity index (χ0v) is 5.02. The van der Waals surface area contributed by atoms with E-state index in [1.807, 2.05) is 0 Å². The Hall–Kier alpha value is -0.120. The van der Waals surface area contributed by atoms with Crippen molar-refractivity contribution in [2.24, 2.45) is 5.73 Å². The van der Waals surface area contributed by atoms with Gasteiger partial charge in [-0.15, -0.1) is 0 Å². The largest absolute Gasteiger partial charge is 0.338 e. The summed E-state index contributed by atoms with van der Waals surface area (Å²) in [5.41, 5.74) is 5.43. The van der Waals surface area contributed by atoms with Crippen LogP contribution in [0.15, 0.2) is 0 Å². The van der Waals surface area contributed by atoms with Gasteiger partial charge in [-0.3, -0.25) is 5.73 Å². The highest BCUT2D eigenvalue weighted by molar-refractivity contribution is 4.55. The van der Waals surface area contributed by atoms with Crippen molar-refractivity contribution in [3.8, 4) is 0 Å². The number of hydrogen-bond acceptors (Lipinski definition) is 3. The predicted molar refractivity (Wildman–Crippen MR) is 29.1 cm³/mol. The molecule has 0 saturated carbocycles. The first-order chi connectivity index (χ1) is 3.71. The van der Waals surface area contributed by atoms with Crippen LogP contribution in [-0.4, -0.2) is 19.1 Å². The highest BCUT2D eigenvalue weighted by Crippen LogP contribution is 2.09. The monoisotopic (exact) mass is 117 g/mol. The molecule has 1 saturated heterocycles. The molecule has 48 valence electrons. The Labute approximate surface area is 48.8 Å². The van der Waals surface area contributed by atoms with E-state index < -0.39 is 5.91 Å². The summed E-state index contributed by atoms with van der Waals surface area (Å²) in [6.45, 7) is 3.14. The van der Waals surface area contributed by atoms with Crippen LogP contribution >= 0.6 is 0 Å². The number of hydrogen-bond donors (Lipinski definition) is 1. The zero-order valence-electron chi connectivity index (χ0n) is 5.02. The van der Waals surface area contributed by atoms with Crippen LogP contribution in [0.5, 0.6) is 0 Å². The van der Waals surface area contributed by atoms with Crippen molar-refractivity contribution in [2.75, 3.05) is 13.2 Å². The normalized spacial score (nSPS) is 27.8. The van der Waals surface area contributed by atoms with E-state index >= 15 is 0 Å². The Morgan fingerprint density at radius 1 is 1.38 bits per heavy atom. The molecule has 0 unspecified atom stereocenters. The Morgan fingerprint density at radius 3 is 2.12 bits per heavy atom. The minimum Gasteiger partial charge on any atom is -0.338 e. The molecule has 0 aliphatic carbocycles. The molecule has 3 nitrogen and oxygen atoms in total. The molecule has 1 heterocycles. The second-order valence-corrected chi connectivity index (χ2v) is 2.07. The van der Waals surface area contributed by atoms with Gasteiger partial charge in [-0.1, -0.05) is 0 Å². The fraction of sp³-hybridized carbons (Fsp3) is 1.00. The molecule has 0 amide bonds. The quantitative estimate of drug-likeness (QED) is 0.487. The smallest absolute Gasteiger partial charge is 0.221 e. The standard InChI is InChI=1S/C5H11NO2/c1-5(6)7-3-2-4-8-5/h2-4,6H2,1H3. The van der Waals surface area contributed by atoms with E-state index in [9.17, 15) is 0 Å². The van der Waals surface area contributed by atoms with Crippen molar-refractivity contribution in [3.05, 3.63) is 0 Å². The van der Waals surface area contributed by atoms with Crippen molar-refractivity contribution in [3.63, 3.8) is 0 Å². The summed E-state index contributed by atoms with van der Waals surface area (Å²) < 4.78 is 10.0. The van der Waals surface area contributed by atoms with E-state index in [2.05, 4.69) is 0 Å².